The van der Waals surface area contributed by atoms with Crippen molar-refractivity contribution in [1.29, 1.82) is 0 Å². The van der Waals surface area contributed by atoms with Crippen molar-refractivity contribution >= 4 is 46.4 Å². The van der Waals surface area contributed by atoms with Crippen LogP contribution in [0.1, 0.15) is 22.8 Å². The number of nitrogens with one attached hydrogen (secondary N) is 2. The second-order valence-corrected chi connectivity index (χ2v) is 6.98. The zero-order valence-corrected chi connectivity index (χ0v) is 18.7. The van der Waals surface area contributed by atoms with Gasteiger partial charge in [-0.3, -0.25) is 0 Å². The summed E-state index contributed by atoms with van der Waals surface area (Å²) in [4.78, 5) is 16.0. The molecule has 3 aromatic heterocycles. The Labute approximate surface area is 196 Å². The summed E-state index contributed by atoms with van der Waals surface area (Å²) >= 11 is 0. The second-order valence-electron chi connectivity index (χ2n) is 6.98. The van der Waals surface area contributed by atoms with Crippen LogP contribution in [0, 0.1) is 6.07 Å². The number of nitrogens with zero attached hydrogens (tertiary/aromatic N) is 2. The van der Waals surface area contributed by atoms with Gasteiger partial charge in [-0.25, -0.2) is 9.97 Å². The van der Waals surface area contributed by atoms with Gasteiger partial charge in [0.2, 0.25) is 0 Å². The Hall–Kier alpha value is -3.44. The van der Waals surface area contributed by atoms with Gasteiger partial charge in [0.25, 0.3) is 0 Å². The zero-order chi connectivity index (χ0) is 20.2. The van der Waals surface area contributed by atoms with Gasteiger partial charge in [0, 0.05) is 22.1 Å². The van der Waals surface area contributed by atoms with Crippen LogP contribution in [0.25, 0.3) is 46.4 Å². The molecule has 0 fully saturated rings. The molecule has 4 aromatic rings. The zero-order valence-electron chi connectivity index (χ0n) is 16.5. The topological polar surface area (TPSA) is 57.4 Å². The number of benzene rings is 1. The van der Waals surface area contributed by atoms with Crippen molar-refractivity contribution in [3.8, 4) is 0 Å². The first-order chi connectivity index (χ1) is 14.8. The van der Waals surface area contributed by atoms with E-state index in [9.17, 15) is 0 Å². The molecule has 6 rings (SSSR count). The van der Waals surface area contributed by atoms with Crippen molar-refractivity contribution in [3.05, 3.63) is 108 Å². The van der Waals surface area contributed by atoms with Gasteiger partial charge in [-0.15, -0.1) is 0 Å². The van der Waals surface area contributed by atoms with E-state index in [2.05, 4.69) is 56.3 Å². The molecule has 4 nitrogen and oxygen atoms in total. The summed E-state index contributed by atoms with van der Waals surface area (Å²) in [6.07, 6.45) is 8.05. The molecule has 0 radical (unpaired) electrons. The van der Waals surface area contributed by atoms with Crippen molar-refractivity contribution in [1.82, 2.24) is 19.9 Å². The van der Waals surface area contributed by atoms with Crippen LogP contribution in [0.5, 0.6) is 0 Å². The fourth-order valence-electron chi connectivity index (χ4n) is 3.29. The van der Waals surface area contributed by atoms with E-state index in [1.807, 2.05) is 72.8 Å². The quantitative estimate of drug-likeness (QED) is 0.167. The molecule has 2 aliphatic heterocycles. The van der Waals surface area contributed by atoms with E-state index >= 15 is 0 Å². The molecule has 5 heterocycles. The van der Waals surface area contributed by atoms with E-state index in [1.165, 1.54) is 0 Å². The maximum absolute atomic E-state index is 4.62. The Bertz CT molecular complexity index is 1280. The Morgan fingerprint density at radius 1 is 0.516 bits per heavy atom. The van der Waals surface area contributed by atoms with Gasteiger partial charge in [-0.1, -0.05) is 0 Å². The van der Waals surface area contributed by atoms with E-state index in [0.29, 0.717) is 0 Å². The van der Waals surface area contributed by atoms with Gasteiger partial charge in [0.05, 0.1) is 22.8 Å². The predicted octanol–water partition coefficient (Wildman–Crippen LogP) is 6.14. The molecule has 5 heteroatoms. The summed E-state index contributed by atoms with van der Waals surface area (Å²) in [5.41, 5.74) is 7.86. The minimum atomic E-state index is 0. The van der Waals surface area contributed by atoms with E-state index in [4.69, 9.17) is 0 Å². The molecule has 0 amide bonds. The van der Waals surface area contributed by atoms with E-state index in [1.54, 1.807) is 0 Å². The molecule has 154 valence electrons. The third-order valence-corrected chi connectivity index (χ3v) is 4.65. The first kappa shape index (κ1) is 20.8. The van der Waals surface area contributed by atoms with Gasteiger partial charge >= 0.3 is 22.4 Å². The summed E-state index contributed by atoms with van der Waals surface area (Å²) in [5, 5.41) is 0. The van der Waals surface area contributed by atoms with Gasteiger partial charge < -0.3 is 9.97 Å². The molecular formula is C26H19AuN4. The van der Waals surface area contributed by atoms with Crippen LogP contribution >= 0.6 is 0 Å². The molecule has 31 heavy (non-hydrogen) atoms. The molecule has 8 bridgehead atoms. The number of hydrogen-bond acceptors (Lipinski definition) is 2. The Kier molecular flexibility index (Phi) is 6.43. The standard InChI is InChI=1S/C20H14N4.C6H5.Au/c1-2-14-10-16-5-6-18(23-16)12-20-8-7-19(24-20)11-17-4-3-15(22-17)9-13(1)21-14;1-2-4-6-5-3-1;/h1-12,21-22H;1-5H;/q;-1;+1. The van der Waals surface area contributed by atoms with E-state index in [0.717, 1.165) is 44.8 Å². The van der Waals surface area contributed by atoms with Crippen molar-refractivity contribution in [2.45, 2.75) is 0 Å². The predicted molar refractivity (Wildman–Crippen MR) is 124 cm³/mol. The maximum atomic E-state index is 4.62. The van der Waals surface area contributed by atoms with Crippen LogP contribution in [0.3, 0.4) is 0 Å². The van der Waals surface area contributed by atoms with Crippen LogP contribution in [0.4, 0.5) is 0 Å². The normalized spacial score (nSPS) is 11.4. The first-order valence-corrected chi connectivity index (χ1v) is 9.76. The van der Waals surface area contributed by atoms with E-state index in [-0.39, 0.29) is 22.4 Å². The fraction of sp³-hybridized carbons (Fsp3) is 0. The Morgan fingerprint density at radius 2 is 0.935 bits per heavy atom. The summed E-state index contributed by atoms with van der Waals surface area (Å²) < 4.78 is 0. The molecule has 2 N–H and O–H groups in total. The van der Waals surface area contributed by atoms with Gasteiger partial charge in [0.15, 0.2) is 0 Å². The number of rotatable bonds is 0. The van der Waals surface area contributed by atoms with Crippen LogP contribution in [0.15, 0.2) is 78.9 Å². The molecule has 0 saturated carbocycles. The Balaban J connectivity index is 0.000000288. The molecule has 0 unspecified atom stereocenters. The van der Waals surface area contributed by atoms with Crippen LogP contribution < -0.4 is 0 Å². The maximum Gasteiger partial charge on any atom is 1.00 e. The Morgan fingerprint density at radius 3 is 1.32 bits per heavy atom. The average molecular weight is 584 g/mol. The average Bonchev–Trinajstić information content (AvgIpc) is 3.56. The summed E-state index contributed by atoms with van der Waals surface area (Å²) in [7, 11) is 0. The van der Waals surface area contributed by atoms with Crippen LogP contribution in [0.2, 0.25) is 0 Å². The van der Waals surface area contributed by atoms with Gasteiger partial charge in [0.1, 0.15) is 0 Å². The number of aromatic amines is 2. The van der Waals surface area contributed by atoms with Crippen LogP contribution in [-0.2, 0) is 22.4 Å². The molecule has 0 saturated heterocycles. The van der Waals surface area contributed by atoms with Crippen molar-refractivity contribution in [2.24, 2.45) is 0 Å². The summed E-state index contributed by atoms with van der Waals surface area (Å²) in [5.74, 6) is 0. The van der Waals surface area contributed by atoms with Crippen LogP contribution in [-0.4, -0.2) is 19.9 Å². The number of aromatic nitrogens is 4. The van der Waals surface area contributed by atoms with E-state index < -0.39 is 0 Å². The van der Waals surface area contributed by atoms with Crippen molar-refractivity contribution < 1.29 is 22.4 Å². The third-order valence-electron chi connectivity index (χ3n) is 4.65. The number of hydrogen-bond donors (Lipinski definition) is 2. The molecular weight excluding hydrogens is 565 g/mol. The van der Waals surface area contributed by atoms with Gasteiger partial charge in [-0.05, 0) is 72.8 Å². The smallest absolute Gasteiger partial charge is 0.355 e. The monoisotopic (exact) mass is 584 g/mol. The molecule has 1 aromatic carbocycles. The van der Waals surface area contributed by atoms with Gasteiger partial charge in [-0.2, -0.15) is 36.4 Å². The number of fused-ring (bicyclic) bond motifs is 8. The van der Waals surface area contributed by atoms with Crippen molar-refractivity contribution in [3.63, 3.8) is 0 Å². The second kappa shape index (κ2) is 9.58. The fourth-order valence-corrected chi connectivity index (χ4v) is 3.29. The molecule has 0 atom stereocenters. The molecule has 0 aliphatic carbocycles. The molecule has 2 aliphatic rings. The number of H-pyrrole nitrogens is 2. The minimum absolute atomic E-state index is 0. The third kappa shape index (κ3) is 5.38. The summed E-state index contributed by atoms with van der Waals surface area (Å²) in [6.45, 7) is 0. The first-order valence-electron chi connectivity index (χ1n) is 9.76. The summed E-state index contributed by atoms with van der Waals surface area (Å²) in [6, 6.07) is 28.9. The SMILES string of the molecule is C1=Cc2cc3ccc(cc4ccc(cc5nc(cc1n2)C=C5)[nH]4)[nH]3.[Au+].[c-]1ccccc1. The molecule has 0 spiro atoms. The minimum Gasteiger partial charge on any atom is -0.355 e. The largest absolute Gasteiger partial charge is 1.00 e. The van der Waals surface area contributed by atoms with Crippen molar-refractivity contribution in [2.75, 3.05) is 0 Å².